The van der Waals surface area contributed by atoms with Gasteiger partial charge >= 0.3 is 0 Å². The number of hydrogen-bond acceptors (Lipinski definition) is 4. The van der Waals surface area contributed by atoms with Gasteiger partial charge in [-0.15, -0.1) is 0 Å². The molecule has 1 aromatic heterocycles. The highest BCUT2D eigenvalue weighted by molar-refractivity contribution is 5.95. The van der Waals surface area contributed by atoms with E-state index in [9.17, 15) is 4.79 Å². The summed E-state index contributed by atoms with van der Waals surface area (Å²) in [6.45, 7) is 0.887. The number of aliphatic hydroxyl groups excluding tert-OH is 1. The quantitative estimate of drug-likeness (QED) is 0.564. The van der Waals surface area contributed by atoms with E-state index < -0.39 is 5.91 Å². The minimum atomic E-state index is -0.610. The number of aromatic nitrogens is 2. The molecule has 0 atom stereocenters. The summed E-state index contributed by atoms with van der Waals surface area (Å²) in [6, 6.07) is 0. The number of carbonyl (C=O) groups excluding carboxylic acids is 1. The largest absolute Gasteiger partial charge is 0.396 e. The number of imidazole rings is 1. The highest BCUT2D eigenvalue weighted by Gasteiger charge is 2.11. The number of nitrogen functional groups attached to an aromatic ring is 1. The summed E-state index contributed by atoms with van der Waals surface area (Å²) in [5.74, 6) is -0.298. The molecule has 0 aliphatic heterocycles. The number of nitrogens with two attached hydrogens (primary N) is 2. The summed E-state index contributed by atoms with van der Waals surface area (Å²) >= 11 is 0. The molecule has 15 heavy (non-hydrogen) atoms. The number of aryl methyl sites for hydroxylation is 1. The molecule has 1 heterocycles. The number of rotatable bonds is 6. The van der Waals surface area contributed by atoms with Gasteiger partial charge in [0, 0.05) is 13.2 Å². The molecule has 0 saturated carbocycles. The first-order valence-corrected chi connectivity index (χ1v) is 4.88. The van der Waals surface area contributed by atoms with Crippen molar-refractivity contribution in [2.75, 3.05) is 12.3 Å². The predicted molar refractivity (Wildman–Crippen MR) is 56.1 cm³/mol. The van der Waals surface area contributed by atoms with Gasteiger partial charge in [-0.1, -0.05) is 0 Å². The van der Waals surface area contributed by atoms with Crippen molar-refractivity contribution in [1.82, 2.24) is 9.55 Å². The molecule has 0 radical (unpaired) electrons. The number of primary amides is 1. The fraction of sp³-hybridized carbons (Fsp3) is 0.556. The maximum Gasteiger partial charge on any atom is 0.271 e. The smallest absolute Gasteiger partial charge is 0.271 e. The zero-order chi connectivity index (χ0) is 11.3. The number of amides is 1. The molecular formula is C9H16N4O2. The van der Waals surface area contributed by atoms with E-state index in [0.717, 1.165) is 19.3 Å². The summed E-state index contributed by atoms with van der Waals surface area (Å²) in [7, 11) is 0. The first kappa shape index (κ1) is 11.5. The Morgan fingerprint density at radius 3 is 2.73 bits per heavy atom. The average Bonchev–Trinajstić information content (AvgIpc) is 2.55. The van der Waals surface area contributed by atoms with Crippen molar-refractivity contribution in [2.24, 2.45) is 5.73 Å². The monoisotopic (exact) mass is 212 g/mol. The van der Waals surface area contributed by atoms with Crippen LogP contribution in [0.15, 0.2) is 6.33 Å². The zero-order valence-corrected chi connectivity index (χ0v) is 8.52. The van der Waals surface area contributed by atoms with E-state index in [0.29, 0.717) is 12.4 Å². The molecule has 1 rings (SSSR count). The third kappa shape index (κ3) is 2.95. The van der Waals surface area contributed by atoms with Crippen LogP contribution in [0.3, 0.4) is 0 Å². The minimum Gasteiger partial charge on any atom is -0.396 e. The van der Waals surface area contributed by atoms with Gasteiger partial charge in [0.1, 0.15) is 5.82 Å². The Balaban J connectivity index is 2.51. The summed E-state index contributed by atoms with van der Waals surface area (Å²) in [4.78, 5) is 14.7. The van der Waals surface area contributed by atoms with Crippen LogP contribution in [0.4, 0.5) is 5.82 Å². The molecule has 0 aliphatic rings. The van der Waals surface area contributed by atoms with Crippen LogP contribution in [-0.4, -0.2) is 27.2 Å². The van der Waals surface area contributed by atoms with Crippen LogP contribution in [0.1, 0.15) is 29.8 Å². The van der Waals surface area contributed by atoms with E-state index in [4.69, 9.17) is 16.6 Å². The minimum absolute atomic E-state index is 0.122. The van der Waals surface area contributed by atoms with Gasteiger partial charge in [0.15, 0.2) is 5.69 Å². The lowest BCUT2D eigenvalue weighted by molar-refractivity contribution is 0.0997. The van der Waals surface area contributed by atoms with Crippen molar-refractivity contribution < 1.29 is 9.90 Å². The Morgan fingerprint density at radius 1 is 1.47 bits per heavy atom. The van der Waals surface area contributed by atoms with Crippen LogP contribution in [-0.2, 0) is 6.54 Å². The van der Waals surface area contributed by atoms with Crippen molar-refractivity contribution in [3.05, 3.63) is 12.0 Å². The second-order valence-corrected chi connectivity index (χ2v) is 3.32. The first-order chi connectivity index (χ1) is 7.16. The second kappa shape index (κ2) is 5.35. The van der Waals surface area contributed by atoms with E-state index in [-0.39, 0.29) is 12.3 Å². The molecule has 6 heteroatoms. The average molecular weight is 212 g/mol. The lowest BCUT2D eigenvalue weighted by Gasteiger charge is -2.04. The maximum atomic E-state index is 10.8. The molecule has 1 aromatic rings. The van der Waals surface area contributed by atoms with Crippen molar-refractivity contribution in [2.45, 2.75) is 25.8 Å². The Bertz CT molecular complexity index is 335. The van der Waals surface area contributed by atoms with Crippen LogP contribution in [0.25, 0.3) is 0 Å². The molecule has 0 bridgehead atoms. The Morgan fingerprint density at radius 2 is 2.20 bits per heavy atom. The van der Waals surface area contributed by atoms with Gasteiger partial charge in [-0.25, -0.2) is 4.98 Å². The van der Waals surface area contributed by atoms with Crippen LogP contribution < -0.4 is 11.5 Å². The summed E-state index contributed by atoms with van der Waals surface area (Å²) in [5.41, 5.74) is 10.9. The fourth-order valence-electron chi connectivity index (χ4n) is 1.33. The highest BCUT2D eigenvalue weighted by Crippen LogP contribution is 2.10. The van der Waals surface area contributed by atoms with Crippen LogP contribution in [0, 0.1) is 0 Å². The van der Waals surface area contributed by atoms with E-state index >= 15 is 0 Å². The molecule has 6 nitrogen and oxygen atoms in total. The SMILES string of the molecule is NC(=O)c1ncn(CCCCCO)c1N. The number of hydrogen-bond donors (Lipinski definition) is 3. The van der Waals surface area contributed by atoms with Gasteiger partial charge in [0.05, 0.1) is 6.33 Å². The normalized spacial score (nSPS) is 10.5. The topological polar surface area (TPSA) is 107 Å². The zero-order valence-electron chi connectivity index (χ0n) is 8.52. The van der Waals surface area contributed by atoms with Gasteiger partial charge in [0.25, 0.3) is 5.91 Å². The lowest BCUT2D eigenvalue weighted by Crippen LogP contribution is -2.14. The van der Waals surface area contributed by atoms with Gasteiger partial charge < -0.3 is 21.1 Å². The van der Waals surface area contributed by atoms with E-state index in [1.807, 2.05) is 0 Å². The molecule has 0 aliphatic carbocycles. The summed E-state index contributed by atoms with van der Waals surface area (Å²) in [5, 5.41) is 8.59. The molecule has 1 amide bonds. The van der Waals surface area contributed by atoms with Gasteiger partial charge in [-0.05, 0) is 19.3 Å². The van der Waals surface area contributed by atoms with E-state index in [1.54, 1.807) is 4.57 Å². The van der Waals surface area contributed by atoms with Crippen molar-refractivity contribution >= 4 is 11.7 Å². The molecule has 0 aromatic carbocycles. The number of aliphatic hydroxyl groups is 1. The Hall–Kier alpha value is -1.56. The number of anilines is 1. The summed E-state index contributed by atoms with van der Waals surface area (Å²) < 4.78 is 1.69. The van der Waals surface area contributed by atoms with Crippen molar-refractivity contribution in [3.8, 4) is 0 Å². The van der Waals surface area contributed by atoms with Crippen LogP contribution >= 0.6 is 0 Å². The Kier molecular flexibility index (Phi) is 4.11. The third-order valence-corrected chi connectivity index (χ3v) is 2.17. The van der Waals surface area contributed by atoms with Gasteiger partial charge in [-0.2, -0.15) is 0 Å². The molecule has 0 unspecified atom stereocenters. The molecular weight excluding hydrogens is 196 g/mol. The number of nitrogens with zero attached hydrogens (tertiary/aromatic N) is 2. The molecule has 0 fully saturated rings. The van der Waals surface area contributed by atoms with E-state index in [2.05, 4.69) is 4.98 Å². The number of unbranched alkanes of at least 4 members (excludes halogenated alkanes) is 2. The van der Waals surface area contributed by atoms with Crippen molar-refractivity contribution in [1.29, 1.82) is 0 Å². The molecule has 5 N–H and O–H groups in total. The highest BCUT2D eigenvalue weighted by atomic mass is 16.2. The maximum absolute atomic E-state index is 10.8. The van der Waals surface area contributed by atoms with Crippen LogP contribution in [0.5, 0.6) is 0 Å². The standard InChI is InChI=1S/C9H16N4O2/c10-8-7(9(11)15)12-6-13(8)4-2-1-3-5-14/h6,14H,1-5,10H2,(H2,11,15). The molecule has 84 valence electrons. The fourth-order valence-corrected chi connectivity index (χ4v) is 1.33. The first-order valence-electron chi connectivity index (χ1n) is 4.88. The molecule has 0 saturated heterocycles. The molecule has 0 spiro atoms. The number of carbonyl (C=O) groups is 1. The third-order valence-electron chi connectivity index (χ3n) is 2.17. The lowest BCUT2D eigenvalue weighted by atomic mass is 10.2. The van der Waals surface area contributed by atoms with Crippen LogP contribution in [0.2, 0.25) is 0 Å². The van der Waals surface area contributed by atoms with Gasteiger partial charge in [0.2, 0.25) is 0 Å². The van der Waals surface area contributed by atoms with Gasteiger partial charge in [-0.3, -0.25) is 4.79 Å². The Labute approximate surface area is 87.9 Å². The van der Waals surface area contributed by atoms with Crippen molar-refractivity contribution in [3.63, 3.8) is 0 Å². The predicted octanol–water partition coefficient (Wildman–Crippen LogP) is -0.273. The second-order valence-electron chi connectivity index (χ2n) is 3.32. The summed E-state index contributed by atoms with van der Waals surface area (Å²) in [6.07, 6.45) is 4.09. The van der Waals surface area contributed by atoms with E-state index in [1.165, 1.54) is 6.33 Å².